The van der Waals surface area contributed by atoms with Crippen LogP contribution in [0.1, 0.15) is 11.8 Å². The highest BCUT2D eigenvalue weighted by molar-refractivity contribution is 7.99. The van der Waals surface area contributed by atoms with Gasteiger partial charge in [-0.05, 0) is 31.3 Å². The molecule has 1 heterocycles. The van der Waals surface area contributed by atoms with Crippen molar-refractivity contribution in [1.82, 2.24) is 5.32 Å². The monoisotopic (exact) mass is 301 g/mol. The van der Waals surface area contributed by atoms with Crippen molar-refractivity contribution in [1.29, 1.82) is 0 Å². The number of fused-ring (bicyclic) bond motifs is 1. The van der Waals surface area contributed by atoms with Crippen molar-refractivity contribution >= 4 is 22.7 Å². The second-order valence-corrected chi connectivity index (χ2v) is 5.87. The van der Waals surface area contributed by atoms with Crippen LogP contribution >= 0.6 is 11.8 Å². The van der Waals surface area contributed by atoms with E-state index in [0.717, 1.165) is 16.9 Å². The molecular formula is C17H16FNOS. The summed E-state index contributed by atoms with van der Waals surface area (Å²) in [6.07, 6.45) is 0. The molecule has 0 saturated carbocycles. The number of hydrogen-bond acceptors (Lipinski definition) is 3. The molecule has 0 saturated heterocycles. The molecule has 2 nitrogen and oxygen atoms in total. The van der Waals surface area contributed by atoms with Gasteiger partial charge in [-0.15, -0.1) is 11.8 Å². The molecule has 21 heavy (non-hydrogen) atoms. The summed E-state index contributed by atoms with van der Waals surface area (Å²) in [5.41, 5.74) is 0.331. The van der Waals surface area contributed by atoms with Crippen molar-refractivity contribution in [3.63, 3.8) is 0 Å². The average molecular weight is 301 g/mol. The first-order valence-corrected chi connectivity index (χ1v) is 7.79. The average Bonchev–Trinajstić information content (AvgIpc) is 2.94. The van der Waals surface area contributed by atoms with Crippen LogP contribution in [-0.2, 0) is 0 Å². The minimum absolute atomic E-state index is 0.0435. The van der Waals surface area contributed by atoms with E-state index in [0.29, 0.717) is 5.58 Å². The molecule has 0 aliphatic heterocycles. The number of nitrogens with one attached hydrogen (secondary N) is 1. The molecule has 1 aromatic heterocycles. The molecule has 0 amide bonds. The number of benzene rings is 2. The third-order valence-electron chi connectivity index (χ3n) is 3.37. The van der Waals surface area contributed by atoms with Crippen molar-refractivity contribution in [3.8, 4) is 0 Å². The van der Waals surface area contributed by atoms with Crippen LogP contribution in [0, 0.1) is 5.82 Å². The summed E-state index contributed by atoms with van der Waals surface area (Å²) in [5.74, 6) is 1.27. The lowest BCUT2D eigenvalue weighted by Gasteiger charge is -2.12. The third kappa shape index (κ3) is 3.12. The molecule has 0 aliphatic carbocycles. The largest absolute Gasteiger partial charge is 0.456 e. The third-order valence-corrected chi connectivity index (χ3v) is 4.47. The van der Waals surface area contributed by atoms with Crippen LogP contribution in [-0.4, -0.2) is 12.8 Å². The van der Waals surface area contributed by atoms with Gasteiger partial charge in [0.15, 0.2) is 11.4 Å². The van der Waals surface area contributed by atoms with E-state index >= 15 is 0 Å². The molecule has 3 rings (SSSR count). The number of rotatable bonds is 5. The zero-order valence-electron chi connectivity index (χ0n) is 11.7. The van der Waals surface area contributed by atoms with E-state index in [1.54, 1.807) is 17.8 Å². The van der Waals surface area contributed by atoms with Crippen LogP contribution in [0.3, 0.4) is 0 Å². The molecule has 4 heteroatoms. The number of hydrogen-bond donors (Lipinski definition) is 1. The Morgan fingerprint density at radius 3 is 2.67 bits per heavy atom. The van der Waals surface area contributed by atoms with Gasteiger partial charge in [0.05, 0.1) is 6.04 Å². The van der Waals surface area contributed by atoms with Crippen molar-refractivity contribution in [2.24, 2.45) is 0 Å². The fourth-order valence-electron chi connectivity index (χ4n) is 2.22. The maximum atomic E-state index is 13.7. The molecule has 1 N–H and O–H groups in total. The molecule has 0 spiro atoms. The zero-order valence-corrected chi connectivity index (χ0v) is 12.5. The summed E-state index contributed by atoms with van der Waals surface area (Å²) in [6.45, 7) is 0. The Kier molecular flexibility index (Phi) is 4.27. The molecule has 1 unspecified atom stereocenters. The molecule has 0 bridgehead atoms. The fraction of sp³-hybridized carbons (Fsp3) is 0.176. The van der Waals surface area contributed by atoms with Crippen molar-refractivity contribution in [2.75, 3.05) is 12.8 Å². The Balaban J connectivity index is 1.80. The maximum Gasteiger partial charge on any atom is 0.169 e. The van der Waals surface area contributed by atoms with Crippen LogP contribution in [0.4, 0.5) is 4.39 Å². The van der Waals surface area contributed by atoms with E-state index < -0.39 is 0 Å². The van der Waals surface area contributed by atoms with Gasteiger partial charge in [-0.1, -0.05) is 30.3 Å². The molecule has 2 aromatic carbocycles. The first-order valence-electron chi connectivity index (χ1n) is 6.81. The molecule has 3 aromatic rings. The minimum atomic E-state index is -0.315. The number of furan rings is 1. The van der Waals surface area contributed by atoms with E-state index in [1.807, 2.05) is 37.4 Å². The quantitative estimate of drug-likeness (QED) is 0.696. The topological polar surface area (TPSA) is 25.2 Å². The standard InChI is InChI=1S/C17H16FNOS/c1-19-15(11-21-13-7-3-2-4-8-13)16-10-12-6-5-9-14(18)17(12)20-16/h2-10,15,19H,11H2,1H3. The first kappa shape index (κ1) is 14.2. The van der Waals surface area contributed by atoms with Gasteiger partial charge >= 0.3 is 0 Å². The van der Waals surface area contributed by atoms with Crippen LogP contribution in [0.5, 0.6) is 0 Å². The first-order chi connectivity index (χ1) is 10.3. The van der Waals surface area contributed by atoms with Crippen LogP contribution < -0.4 is 5.32 Å². The van der Waals surface area contributed by atoms with Crippen LogP contribution in [0.15, 0.2) is 63.9 Å². The second kappa shape index (κ2) is 6.33. The van der Waals surface area contributed by atoms with Gasteiger partial charge in [-0.2, -0.15) is 0 Å². The Hall–Kier alpha value is -1.78. The summed E-state index contributed by atoms with van der Waals surface area (Å²) < 4.78 is 19.4. The highest BCUT2D eigenvalue weighted by Crippen LogP contribution is 2.29. The van der Waals surface area contributed by atoms with Crippen molar-refractivity contribution < 1.29 is 8.81 Å². The summed E-state index contributed by atoms with van der Waals surface area (Å²) in [4.78, 5) is 1.21. The Bertz CT molecular complexity index is 726. The van der Waals surface area contributed by atoms with Crippen LogP contribution in [0.25, 0.3) is 11.0 Å². The van der Waals surface area contributed by atoms with E-state index in [1.165, 1.54) is 11.0 Å². The van der Waals surface area contributed by atoms with Gasteiger partial charge in [0.2, 0.25) is 0 Å². The predicted molar refractivity (Wildman–Crippen MR) is 85.1 cm³/mol. The van der Waals surface area contributed by atoms with Gasteiger partial charge in [0.1, 0.15) is 5.76 Å². The van der Waals surface area contributed by atoms with Gasteiger partial charge in [0, 0.05) is 16.0 Å². The lowest BCUT2D eigenvalue weighted by atomic mass is 10.2. The van der Waals surface area contributed by atoms with Gasteiger partial charge in [0.25, 0.3) is 0 Å². The second-order valence-electron chi connectivity index (χ2n) is 4.77. The summed E-state index contributed by atoms with van der Waals surface area (Å²) in [7, 11) is 1.89. The normalized spacial score (nSPS) is 12.7. The number of thioether (sulfide) groups is 1. The summed E-state index contributed by atoms with van der Waals surface area (Å²) in [6, 6.07) is 17.1. The SMILES string of the molecule is CNC(CSc1ccccc1)c1cc2cccc(F)c2o1. The summed E-state index contributed by atoms with van der Waals surface area (Å²) >= 11 is 1.75. The lowest BCUT2D eigenvalue weighted by Crippen LogP contribution is -2.17. The molecule has 1 atom stereocenters. The van der Waals surface area contributed by atoms with E-state index in [-0.39, 0.29) is 11.9 Å². The maximum absolute atomic E-state index is 13.7. The minimum Gasteiger partial charge on any atom is -0.456 e. The smallest absolute Gasteiger partial charge is 0.169 e. The highest BCUT2D eigenvalue weighted by Gasteiger charge is 2.16. The molecular weight excluding hydrogens is 285 g/mol. The van der Waals surface area contributed by atoms with Gasteiger partial charge in [-0.25, -0.2) is 4.39 Å². The molecule has 108 valence electrons. The zero-order chi connectivity index (χ0) is 14.7. The van der Waals surface area contributed by atoms with Crippen LogP contribution in [0.2, 0.25) is 0 Å². The summed E-state index contributed by atoms with van der Waals surface area (Å²) in [5, 5.41) is 4.03. The molecule has 0 fully saturated rings. The number of halogens is 1. The fourth-order valence-corrected chi connectivity index (χ4v) is 3.26. The Morgan fingerprint density at radius 2 is 1.95 bits per heavy atom. The highest BCUT2D eigenvalue weighted by atomic mass is 32.2. The van der Waals surface area contributed by atoms with E-state index in [9.17, 15) is 4.39 Å². The molecule has 0 radical (unpaired) electrons. The van der Waals surface area contributed by atoms with Crippen molar-refractivity contribution in [2.45, 2.75) is 10.9 Å². The Labute approximate surface area is 127 Å². The van der Waals surface area contributed by atoms with Gasteiger partial charge in [-0.3, -0.25) is 0 Å². The molecule has 0 aliphatic rings. The predicted octanol–water partition coefficient (Wildman–Crippen LogP) is 4.62. The lowest BCUT2D eigenvalue weighted by molar-refractivity contribution is 0.466. The van der Waals surface area contributed by atoms with E-state index in [4.69, 9.17) is 4.42 Å². The Morgan fingerprint density at radius 1 is 1.14 bits per heavy atom. The van der Waals surface area contributed by atoms with Crippen molar-refractivity contribution in [3.05, 3.63) is 66.2 Å². The number of para-hydroxylation sites is 1. The van der Waals surface area contributed by atoms with E-state index in [2.05, 4.69) is 17.4 Å². The van der Waals surface area contributed by atoms with Gasteiger partial charge < -0.3 is 9.73 Å².